The molecule has 0 saturated carbocycles. The van der Waals surface area contributed by atoms with Crippen molar-refractivity contribution in [3.8, 4) is 5.75 Å². The van der Waals surface area contributed by atoms with Crippen LogP contribution in [-0.4, -0.2) is 50.6 Å². The molecule has 3 rings (SSSR count). The van der Waals surface area contributed by atoms with Gasteiger partial charge in [-0.2, -0.15) is 10.2 Å². The van der Waals surface area contributed by atoms with E-state index >= 15 is 0 Å². The topological polar surface area (TPSA) is 124 Å². The number of benzene rings is 1. The minimum Gasteiger partial charge on any atom is -0.496 e. The third-order valence-electron chi connectivity index (χ3n) is 3.75. The highest BCUT2D eigenvalue weighted by Crippen LogP contribution is 2.29. The van der Waals surface area contributed by atoms with Crippen molar-refractivity contribution in [3.05, 3.63) is 51.8 Å². The number of hydrogen-bond acceptors (Lipinski definition) is 9. The number of rotatable bonds is 8. The van der Waals surface area contributed by atoms with Crippen LogP contribution in [0.2, 0.25) is 0 Å². The molecule has 0 fully saturated rings. The Morgan fingerprint density at radius 1 is 1.55 bits per heavy atom. The van der Waals surface area contributed by atoms with E-state index in [1.165, 1.54) is 17.1 Å². The molecule has 0 saturated heterocycles. The summed E-state index contributed by atoms with van der Waals surface area (Å²) < 4.78 is 7.67. The Morgan fingerprint density at radius 2 is 2.41 bits per heavy atom. The quantitative estimate of drug-likeness (QED) is 0.384. The SMILES string of the molecule is COc1ccc(/C=N/NC(=O)Cn2cc([N+](=O)[O-])cn2)cc1CSC1=NCCS1. The number of nitrogens with one attached hydrogen (secondary N) is 1. The zero-order chi connectivity index (χ0) is 20.6. The molecule has 2 heterocycles. The smallest absolute Gasteiger partial charge is 0.307 e. The molecule has 0 aliphatic carbocycles. The van der Waals surface area contributed by atoms with E-state index in [1.54, 1.807) is 30.6 Å². The van der Waals surface area contributed by atoms with Crippen LogP contribution < -0.4 is 10.2 Å². The van der Waals surface area contributed by atoms with Crippen molar-refractivity contribution >= 4 is 45.7 Å². The predicted molar refractivity (Wildman–Crippen MR) is 114 cm³/mol. The van der Waals surface area contributed by atoms with Gasteiger partial charge in [-0.3, -0.25) is 24.6 Å². The lowest BCUT2D eigenvalue weighted by atomic mass is 10.1. The number of carbonyl (C=O) groups excluding carboxylic acids is 1. The maximum Gasteiger partial charge on any atom is 0.307 e. The molecule has 1 aromatic carbocycles. The Hall–Kier alpha value is -2.86. The van der Waals surface area contributed by atoms with Crippen molar-refractivity contribution in [1.82, 2.24) is 15.2 Å². The number of amides is 1. The minimum absolute atomic E-state index is 0.171. The van der Waals surface area contributed by atoms with Crippen molar-refractivity contribution in [1.29, 1.82) is 0 Å². The summed E-state index contributed by atoms with van der Waals surface area (Å²) in [5.41, 5.74) is 4.02. The van der Waals surface area contributed by atoms with Crippen molar-refractivity contribution in [3.63, 3.8) is 0 Å². The van der Waals surface area contributed by atoms with Gasteiger partial charge in [0.1, 0.15) is 29.1 Å². The predicted octanol–water partition coefficient (Wildman–Crippen LogP) is 2.29. The number of aliphatic imine (C=N–C) groups is 1. The number of hydrogen-bond donors (Lipinski definition) is 1. The minimum atomic E-state index is -0.572. The fourth-order valence-electron chi connectivity index (χ4n) is 2.43. The Morgan fingerprint density at radius 3 is 3.10 bits per heavy atom. The molecule has 1 aliphatic rings. The first-order valence-electron chi connectivity index (χ1n) is 8.51. The number of aromatic nitrogens is 2. The maximum absolute atomic E-state index is 11.9. The van der Waals surface area contributed by atoms with Crippen LogP contribution in [0.1, 0.15) is 11.1 Å². The number of nitro groups is 1. The van der Waals surface area contributed by atoms with Crippen molar-refractivity contribution in [2.75, 3.05) is 19.4 Å². The van der Waals surface area contributed by atoms with Gasteiger partial charge in [-0.05, 0) is 23.8 Å². The van der Waals surface area contributed by atoms with Crippen LogP contribution in [-0.2, 0) is 17.1 Å². The van der Waals surface area contributed by atoms with Gasteiger partial charge in [0.2, 0.25) is 0 Å². The normalized spacial score (nSPS) is 13.5. The molecule has 1 aromatic heterocycles. The van der Waals surface area contributed by atoms with Crippen LogP contribution >= 0.6 is 23.5 Å². The Labute approximate surface area is 174 Å². The molecule has 1 N–H and O–H groups in total. The van der Waals surface area contributed by atoms with E-state index in [0.29, 0.717) is 0 Å². The van der Waals surface area contributed by atoms with Gasteiger partial charge in [0.15, 0.2) is 0 Å². The van der Waals surface area contributed by atoms with Gasteiger partial charge in [-0.15, -0.1) is 0 Å². The summed E-state index contributed by atoms with van der Waals surface area (Å²) in [6.45, 7) is 0.692. The summed E-state index contributed by atoms with van der Waals surface area (Å²) in [6, 6.07) is 5.63. The zero-order valence-corrected chi connectivity index (χ0v) is 17.1. The molecule has 152 valence electrons. The van der Waals surface area contributed by atoms with Crippen molar-refractivity contribution in [2.24, 2.45) is 10.1 Å². The molecule has 0 radical (unpaired) electrons. The van der Waals surface area contributed by atoms with E-state index in [4.69, 9.17) is 4.74 Å². The molecule has 10 nitrogen and oxygen atoms in total. The summed E-state index contributed by atoms with van der Waals surface area (Å²) in [6.07, 6.45) is 3.80. The number of methoxy groups -OCH3 is 1. The molecule has 0 unspecified atom stereocenters. The summed E-state index contributed by atoms with van der Waals surface area (Å²) in [5.74, 6) is 2.08. The van der Waals surface area contributed by atoms with E-state index in [0.717, 1.165) is 45.5 Å². The number of thioether (sulfide) groups is 2. The largest absolute Gasteiger partial charge is 0.496 e. The second-order valence-electron chi connectivity index (χ2n) is 5.80. The number of ether oxygens (including phenoxy) is 1. The standard InChI is InChI=1S/C17H18N6O4S2/c1-27-15-3-2-12(6-13(15)11-29-17-18-4-5-28-17)7-19-21-16(24)10-22-9-14(8-20-22)23(25)26/h2-3,6-9H,4-5,10-11H2,1H3,(H,21,24)/b19-7+. The lowest BCUT2D eigenvalue weighted by molar-refractivity contribution is -0.385. The first-order valence-corrected chi connectivity index (χ1v) is 10.5. The van der Waals surface area contributed by atoms with Gasteiger partial charge in [0.05, 0.1) is 24.8 Å². The highest BCUT2D eigenvalue weighted by molar-refractivity contribution is 8.38. The zero-order valence-electron chi connectivity index (χ0n) is 15.5. The summed E-state index contributed by atoms with van der Waals surface area (Å²) in [5, 5.41) is 18.3. The van der Waals surface area contributed by atoms with Gasteiger partial charge in [0, 0.05) is 17.1 Å². The Balaban J connectivity index is 1.56. The summed E-state index contributed by atoms with van der Waals surface area (Å²) in [7, 11) is 1.62. The fraction of sp³-hybridized carbons (Fsp3) is 0.294. The van der Waals surface area contributed by atoms with Crippen molar-refractivity contribution < 1.29 is 14.5 Å². The van der Waals surface area contributed by atoms with E-state index in [-0.39, 0.29) is 12.2 Å². The molecule has 2 aromatic rings. The second kappa shape index (κ2) is 10.1. The van der Waals surface area contributed by atoms with E-state index in [9.17, 15) is 14.9 Å². The van der Waals surface area contributed by atoms with Crippen LogP contribution in [0.15, 0.2) is 40.7 Å². The van der Waals surface area contributed by atoms with Crippen LogP contribution in [0.5, 0.6) is 5.75 Å². The average molecular weight is 435 g/mol. The van der Waals surface area contributed by atoms with Gasteiger partial charge < -0.3 is 4.74 Å². The molecular weight excluding hydrogens is 416 g/mol. The van der Waals surface area contributed by atoms with E-state index < -0.39 is 10.8 Å². The highest BCUT2D eigenvalue weighted by atomic mass is 32.2. The Kier molecular flexibility index (Phi) is 7.25. The third kappa shape index (κ3) is 6.06. The number of carbonyl (C=O) groups is 1. The van der Waals surface area contributed by atoms with Crippen LogP contribution in [0.4, 0.5) is 5.69 Å². The molecular formula is C17H18N6O4S2. The Bertz CT molecular complexity index is 959. The molecule has 0 bridgehead atoms. The van der Waals surface area contributed by atoms with Crippen LogP contribution in [0.3, 0.4) is 0 Å². The van der Waals surface area contributed by atoms with Crippen LogP contribution in [0, 0.1) is 10.1 Å². The van der Waals surface area contributed by atoms with E-state index in [2.05, 4.69) is 20.6 Å². The lowest BCUT2D eigenvalue weighted by Crippen LogP contribution is -2.23. The van der Waals surface area contributed by atoms with Gasteiger partial charge in [-0.1, -0.05) is 23.5 Å². The highest BCUT2D eigenvalue weighted by Gasteiger charge is 2.12. The third-order valence-corrected chi connectivity index (χ3v) is 6.05. The van der Waals surface area contributed by atoms with Gasteiger partial charge in [0.25, 0.3) is 5.91 Å². The number of nitrogens with zero attached hydrogens (tertiary/aromatic N) is 5. The average Bonchev–Trinajstić information content (AvgIpc) is 3.38. The number of hydrazone groups is 1. The monoisotopic (exact) mass is 434 g/mol. The first-order chi connectivity index (χ1) is 14.0. The summed E-state index contributed by atoms with van der Waals surface area (Å²) in [4.78, 5) is 26.4. The molecule has 12 heteroatoms. The molecule has 1 aliphatic heterocycles. The molecule has 0 atom stereocenters. The van der Waals surface area contributed by atoms with E-state index in [1.807, 2.05) is 18.2 Å². The van der Waals surface area contributed by atoms with Crippen molar-refractivity contribution in [2.45, 2.75) is 12.3 Å². The van der Waals surface area contributed by atoms with Gasteiger partial charge in [-0.25, -0.2) is 5.43 Å². The fourth-order valence-corrected chi connectivity index (χ4v) is 4.42. The summed E-state index contributed by atoms with van der Waals surface area (Å²) >= 11 is 3.42. The molecule has 29 heavy (non-hydrogen) atoms. The van der Waals surface area contributed by atoms with Crippen LogP contribution in [0.25, 0.3) is 0 Å². The first kappa shape index (κ1) is 20.9. The molecule has 0 spiro atoms. The van der Waals surface area contributed by atoms with Gasteiger partial charge >= 0.3 is 5.69 Å². The second-order valence-corrected chi connectivity index (χ2v) is 8.11. The molecule has 1 amide bonds. The maximum atomic E-state index is 11.9. The lowest BCUT2D eigenvalue weighted by Gasteiger charge is -2.09.